The minimum absolute atomic E-state index is 0.192. The first-order valence-corrected chi connectivity index (χ1v) is 5.10. The highest BCUT2D eigenvalue weighted by atomic mass is 16.7. The van der Waals surface area contributed by atoms with Gasteiger partial charge in [0.2, 0.25) is 0 Å². The summed E-state index contributed by atoms with van der Waals surface area (Å²) in [5.41, 5.74) is 4.63. The Balaban J connectivity index is 3.92. The quantitative estimate of drug-likeness (QED) is 0.549. The van der Waals surface area contributed by atoms with Crippen LogP contribution in [-0.2, 0) is 14.2 Å². The standard InChI is InChI=1S/C10H22N2O4/c1-7(8(14-5)15-6)11-12-9(13)16-10(2,3)4/h7-8,11H,1-6H3,(H,12,13). The van der Waals surface area contributed by atoms with Crippen LogP contribution < -0.4 is 10.9 Å². The van der Waals surface area contributed by atoms with Gasteiger partial charge in [-0.05, 0) is 27.7 Å². The zero-order valence-corrected chi connectivity index (χ0v) is 10.8. The molecule has 2 N–H and O–H groups in total. The average Bonchev–Trinajstić information content (AvgIpc) is 2.14. The van der Waals surface area contributed by atoms with E-state index in [1.54, 1.807) is 20.8 Å². The van der Waals surface area contributed by atoms with Crippen molar-refractivity contribution in [2.75, 3.05) is 14.2 Å². The molecule has 0 rings (SSSR count). The van der Waals surface area contributed by atoms with Crippen LogP contribution in [0.4, 0.5) is 4.79 Å². The maximum Gasteiger partial charge on any atom is 0.422 e. The van der Waals surface area contributed by atoms with Crippen LogP contribution in [0.3, 0.4) is 0 Å². The summed E-state index contributed by atoms with van der Waals surface area (Å²) in [6.07, 6.45) is -0.972. The second-order valence-electron chi connectivity index (χ2n) is 4.40. The van der Waals surface area contributed by atoms with Crippen molar-refractivity contribution < 1.29 is 19.0 Å². The first kappa shape index (κ1) is 15.2. The van der Waals surface area contributed by atoms with Gasteiger partial charge in [0, 0.05) is 14.2 Å². The van der Waals surface area contributed by atoms with Gasteiger partial charge in [0.15, 0.2) is 6.29 Å². The lowest BCUT2D eigenvalue weighted by atomic mass is 10.2. The molecule has 6 heteroatoms. The Morgan fingerprint density at radius 1 is 1.19 bits per heavy atom. The van der Waals surface area contributed by atoms with Gasteiger partial charge in [0.05, 0.1) is 6.04 Å². The van der Waals surface area contributed by atoms with E-state index in [1.165, 1.54) is 14.2 Å². The molecule has 0 aliphatic rings. The third-order valence-corrected chi connectivity index (χ3v) is 1.67. The SMILES string of the molecule is COC(OC)C(C)NNC(=O)OC(C)(C)C. The lowest BCUT2D eigenvalue weighted by molar-refractivity contribution is -0.121. The van der Waals surface area contributed by atoms with E-state index >= 15 is 0 Å². The number of methoxy groups -OCH3 is 2. The van der Waals surface area contributed by atoms with Crippen LogP contribution in [0.1, 0.15) is 27.7 Å². The third kappa shape index (κ3) is 6.60. The molecule has 0 aromatic heterocycles. The maximum atomic E-state index is 11.3. The van der Waals surface area contributed by atoms with Crippen LogP contribution in [0.15, 0.2) is 0 Å². The zero-order chi connectivity index (χ0) is 12.8. The van der Waals surface area contributed by atoms with Crippen LogP contribution in [0.5, 0.6) is 0 Å². The summed E-state index contributed by atoms with van der Waals surface area (Å²) in [6, 6.07) is -0.192. The fourth-order valence-corrected chi connectivity index (χ4v) is 1.05. The molecule has 0 aliphatic carbocycles. The maximum absolute atomic E-state index is 11.3. The van der Waals surface area contributed by atoms with Crippen molar-refractivity contribution in [1.82, 2.24) is 10.9 Å². The predicted molar refractivity (Wildman–Crippen MR) is 59.8 cm³/mol. The minimum Gasteiger partial charge on any atom is -0.443 e. The van der Waals surface area contributed by atoms with Crippen LogP contribution in [0.25, 0.3) is 0 Å². The average molecular weight is 234 g/mol. The molecule has 0 bridgehead atoms. The Kier molecular flexibility index (Phi) is 6.32. The van der Waals surface area contributed by atoms with Crippen molar-refractivity contribution in [3.63, 3.8) is 0 Å². The summed E-state index contributed by atoms with van der Waals surface area (Å²) in [4.78, 5) is 11.3. The molecule has 6 nitrogen and oxygen atoms in total. The van der Waals surface area contributed by atoms with Gasteiger partial charge in [-0.25, -0.2) is 10.2 Å². The first-order chi connectivity index (χ1) is 7.30. The molecule has 1 amide bonds. The van der Waals surface area contributed by atoms with Crippen molar-refractivity contribution in [3.05, 3.63) is 0 Å². The fraction of sp³-hybridized carbons (Fsp3) is 0.900. The molecule has 0 radical (unpaired) electrons. The molecule has 1 unspecified atom stereocenters. The van der Waals surface area contributed by atoms with Gasteiger partial charge < -0.3 is 14.2 Å². The van der Waals surface area contributed by atoms with E-state index in [9.17, 15) is 4.79 Å². The Hall–Kier alpha value is -0.850. The number of hydrogen-bond acceptors (Lipinski definition) is 5. The topological polar surface area (TPSA) is 68.8 Å². The van der Waals surface area contributed by atoms with E-state index in [-0.39, 0.29) is 6.04 Å². The molecular weight excluding hydrogens is 212 g/mol. The third-order valence-electron chi connectivity index (χ3n) is 1.67. The number of hydrazine groups is 1. The Morgan fingerprint density at radius 2 is 1.69 bits per heavy atom. The summed E-state index contributed by atoms with van der Waals surface area (Å²) in [5, 5.41) is 0. The number of hydrogen-bond donors (Lipinski definition) is 2. The summed E-state index contributed by atoms with van der Waals surface area (Å²) >= 11 is 0. The molecule has 0 heterocycles. The molecule has 16 heavy (non-hydrogen) atoms. The molecule has 0 saturated carbocycles. The second kappa shape index (κ2) is 6.67. The number of carbonyl (C=O) groups is 1. The summed E-state index contributed by atoms with van der Waals surface area (Å²) in [5.74, 6) is 0. The molecule has 0 aromatic rings. The molecular formula is C10H22N2O4. The number of ether oxygens (including phenoxy) is 3. The summed E-state index contributed by atoms with van der Waals surface area (Å²) < 4.78 is 15.1. The van der Waals surface area contributed by atoms with Gasteiger partial charge in [-0.3, -0.25) is 5.43 Å². The molecule has 0 fully saturated rings. The molecule has 0 aromatic carbocycles. The monoisotopic (exact) mass is 234 g/mol. The minimum atomic E-state index is -0.537. The van der Waals surface area contributed by atoms with Gasteiger partial charge >= 0.3 is 6.09 Å². The van der Waals surface area contributed by atoms with Crippen LogP contribution in [0, 0.1) is 0 Å². The van der Waals surface area contributed by atoms with E-state index < -0.39 is 18.0 Å². The van der Waals surface area contributed by atoms with Gasteiger partial charge in [-0.2, -0.15) is 0 Å². The van der Waals surface area contributed by atoms with Crippen molar-refractivity contribution in [3.8, 4) is 0 Å². The van der Waals surface area contributed by atoms with Crippen molar-refractivity contribution in [1.29, 1.82) is 0 Å². The number of nitrogens with one attached hydrogen (secondary N) is 2. The Morgan fingerprint density at radius 3 is 2.06 bits per heavy atom. The lowest BCUT2D eigenvalue weighted by Gasteiger charge is -2.24. The van der Waals surface area contributed by atoms with Crippen LogP contribution >= 0.6 is 0 Å². The van der Waals surface area contributed by atoms with Gasteiger partial charge in [-0.15, -0.1) is 0 Å². The highest BCUT2D eigenvalue weighted by molar-refractivity contribution is 5.67. The van der Waals surface area contributed by atoms with E-state index in [0.29, 0.717) is 0 Å². The number of rotatable bonds is 5. The normalized spacial score (nSPS) is 13.7. The van der Waals surface area contributed by atoms with E-state index in [2.05, 4.69) is 10.9 Å². The van der Waals surface area contributed by atoms with E-state index in [1.807, 2.05) is 6.92 Å². The fourth-order valence-electron chi connectivity index (χ4n) is 1.05. The largest absolute Gasteiger partial charge is 0.443 e. The van der Waals surface area contributed by atoms with E-state index in [0.717, 1.165) is 0 Å². The summed E-state index contributed by atoms with van der Waals surface area (Å²) in [6.45, 7) is 7.20. The van der Waals surface area contributed by atoms with Crippen LogP contribution in [-0.4, -0.2) is 38.2 Å². The van der Waals surface area contributed by atoms with Gasteiger partial charge in [0.25, 0.3) is 0 Å². The van der Waals surface area contributed by atoms with E-state index in [4.69, 9.17) is 14.2 Å². The van der Waals surface area contributed by atoms with Crippen molar-refractivity contribution in [2.24, 2.45) is 0 Å². The highest BCUT2D eigenvalue weighted by Crippen LogP contribution is 2.06. The van der Waals surface area contributed by atoms with Crippen LogP contribution in [0.2, 0.25) is 0 Å². The first-order valence-electron chi connectivity index (χ1n) is 5.10. The predicted octanol–water partition coefficient (Wildman–Crippen LogP) is 1.02. The number of carbonyl (C=O) groups excluding carboxylic acids is 1. The molecule has 96 valence electrons. The number of amides is 1. The summed E-state index contributed by atoms with van der Waals surface area (Å²) in [7, 11) is 3.06. The lowest BCUT2D eigenvalue weighted by Crippen LogP contribution is -2.50. The Bertz CT molecular complexity index is 211. The van der Waals surface area contributed by atoms with Gasteiger partial charge in [0.1, 0.15) is 5.60 Å². The molecule has 0 spiro atoms. The highest BCUT2D eigenvalue weighted by Gasteiger charge is 2.19. The zero-order valence-electron chi connectivity index (χ0n) is 10.8. The second-order valence-corrected chi connectivity index (χ2v) is 4.40. The van der Waals surface area contributed by atoms with Gasteiger partial charge in [-0.1, -0.05) is 0 Å². The molecule has 0 saturated heterocycles. The van der Waals surface area contributed by atoms with Crippen molar-refractivity contribution >= 4 is 6.09 Å². The van der Waals surface area contributed by atoms with Crippen molar-refractivity contribution in [2.45, 2.75) is 45.6 Å². The smallest absolute Gasteiger partial charge is 0.422 e. The Labute approximate surface area is 96.6 Å². The molecule has 0 aliphatic heterocycles. The molecule has 1 atom stereocenters.